The third kappa shape index (κ3) is 4.55. The third-order valence-electron chi connectivity index (χ3n) is 7.81. The van der Waals surface area contributed by atoms with Gasteiger partial charge in [-0.1, -0.05) is 88.1 Å². The van der Waals surface area contributed by atoms with E-state index in [2.05, 4.69) is 73.3 Å². The molecule has 0 radical (unpaired) electrons. The minimum absolute atomic E-state index is 0.0173. The van der Waals surface area contributed by atoms with Crippen LogP contribution >= 0.6 is 0 Å². The molecule has 0 fully saturated rings. The minimum Gasteiger partial charge on any atom is -0.478 e. The highest BCUT2D eigenvalue weighted by Gasteiger charge is 2.42. The maximum absolute atomic E-state index is 11.5. The first-order chi connectivity index (χ1) is 18.1. The number of anilines is 3. The Morgan fingerprint density at radius 3 is 1.89 bits per heavy atom. The quantitative estimate of drug-likeness (QED) is 0.241. The van der Waals surface area contributed by atoms with Gasteiger partial charge in [-0.2, -0.15) is 0 Å². The molecule has 4 aromatic carbocycles. The molecule has 3 nitrogen and oxygen atoms in total. The Hall–Kier alpha value is -3.85. The summed E-state index contributed by atoms with van der Waals surface area (Å²) in [6.07, 6.45) is 7.04. The van der Waals surface area contributed by atoms with Gasteiger partial charge in [0.25, 0.3) is 0 Å². The van der Waals surface area contributed by atoms with Gasteiger partial charge in [0.15, 0.2) is 0 Å². The number of carbonyl (C=O) groups is 1. The van der Waals surface area contributed by atoms with Gasteiger partial charge in [0.1, 0.15) is 0 Å². The number of rotatable bonds is 10. The second kappa shape index (κ2) is 10.6. The number of hydrogen-bond donors (Lipinski definition) is 1. The van der Waals surface area contributed by atoms with Gasteiger partial charge < -0.3 is 10.0 Å². The van der Waals surface area contributed by atoms with Crippen LogP contribution < -0.4 is 4.90 Å². The van der Waals surface area contributed by atoms with Crippen LogP contribution in [0.4, 0.5) is 17.1 Å². The summed E-state index contributed by atoms with van der Waals surface area (Å²) in [5.74, 6) is -0.912. The lowest BCUT2D eigenvalue weighted by atomic mass is 9.71. The van der Waals surface area contributed by atoms with Gasteiger partial charge in [-0.25, -0.2) is 4.79 Å². The summed E-state index contributed by atoms with van der Waals surface area (Å²) in [5, 5.41) is 9.43. The Labute approximate surface area is 220 Å². The Morgan fingerprint density at radius 2 is 1.24 bits per heavy atom. The van der Waals surface area contributed by atoms with E-state index in [9.17, 15) is 9.90 Å². The van der Waals surface area contributed by atoms with E-state index in [1.165, 1.54) is 47.9 Å². The lowest BCUT2D eigenvalue weighted by molar-refractivity contribution is 0.0697. The highest BCUT2D eigenvalue weighted by atomic mass is 16.4. The van der Waals surface area contributed by atoms with Crippen molar-refractivity contribution in [2.75, 3.05) is 4.90 Å². The Kier molecular flexibility index (Phi) is 7.14. The molecule has 0 amide bonds. The number of hydrogen-bond acceptors (Lipinski definition) is 2. The van der Waals surface area contributed by atoms with Crippen molar-refractivity contribution >= 4 is 23.0 Å². The average Bonchev–Trinajstić information content (AvgIpc) is 3.21. The van der Waals surface area contributed by atoms with Crippen molar-refractivity contribution in [2.45, 2.75) is 57.8 Å². The number of carboxylic acids is 1. The van der Waals surface area contributed by atoms with E-state index >= 15 is 0 Å². The van der Waals surface area contributed by atoms with Gasteiger partial charge in [-0.3, -0.25) is 0 Å². The number of nitrogens with zero attached hydrogens (tertiary/aromatic N) is 1. The molecule has 0 spiro atoms. The fourth-order valence-electron chi connectivity index (χ4n) is 5.98. The molecular formula is C34H35NO2. The summed E-state index contributed by atoms with van der Waals surface area (Å²) >= 11 is 0. The molecule has 4 aromatic rings. The largest absolute Gasteiger partial charge is 0.478 e. The minimum atomic E-state index is -0.912. The van der Waals surface area contributed by atoms with E-state index in [1.807, 2.05) is 30.3 Å². The molecular weight excluding hydrogens is 454 g/mol. The van der Waals surface area contributed by atoms with Crippen LogP contribution in [0.15, 0.2) is 97.1 Å². The zero-order valence-corrected chi connectivity index (χ0v) is 21.8. The van der Waals surface area contributed by atoms with E-state index in [0.717, 1.165) is 29.9 Å². The first kappa shape index (κ1) is 24.8. The Morgan fingerprint density at radius 1 is 0.676 bits per heavy atom. The summed E-state index contributed by atoms with van der Waals surface area (Å²) in [7, 11) is 0. The van der Waals surface area contributed by atoms with Crippen LogP contribution in [0.5, 0.6) is 0 Å². The summed E-state index contributed by atoms with van der Waals surface area (Å²) < 4.78 is 0. The fourth-order valence-corrected chi connectivity index (χ4v) is 5.98. The van der Waals surface area contributed by atoms with Crippen molar-refractivity contribution in [1.29, 1.82) is 0 Å². The predicted molar refractivity (Wildman–Crippen MR) is 153 cm³/mol. The summed E-state index contributed by atoms with van der Waals surface area (Å²) in [4.78, 5) is 13.7. The smallest absolute Gasteiger partial charge is 0.335 e. The zero-order chi connectivity index (χ0) is 25.8. The van der Waals surface area contributed by atoms with Gasteiger partial charge >= 0.3 is 5.97 Å². The number of para-hydroxylation sites is 1. The van der Waals surface area contributed by atoms with Crippen LogP contribution in [0.25, 0.3) is 11.1 Å². The number of benzene rings is 4. The van der Waals surface area contributed by atoms with Crippen molar-refractivity contribution in [3.8, 4) is 11.1 Å². The molecule has 3 heteroatoms. The van der Waals surface area contributed by atoms with Gasteiger partial charge in [-0.05, 0) is 83.6 Å². The fraction of sp³-hybridized carbons (Fsp3) is 0.265. The number of fused-ring (bicyclic) bond motifs is 3. The molecule has 0 saturated heterocycles. The normalized spacial score (nSPS) is 13.1. The number of carboxylic acid groups (broad SMARTS) is 1. The van der Waals surface area contributed by atoms with Crippen molar-refractivity contribution in [1.82, 2.24) is 0 Å². The second-order valence-electron chi connectivity index (χ2n) is 10.1. The zero-order valence-electron chi connectivity index (χ0n) is 21.8. The maximum Gasteiger partial charge on any atom is 0.335 e. The summed E-state index contributed by atoms with van der Waals surface area (Å²) in [5.41, 5.74) is 9.01. The van der Waals surface area contributed by atoms with Gasteiger partial charge in [-0.15, -0.1) is 0 Å². The highest BCUT2D eigenvalue weighted by Crippen LogP contribution is 2.55. The Balaban J connectivity index is 1.69. The molecule has 0 saturated carbocycles. The van der Waals surface area contributed by atoms with E-state index in [0.29, 0.717) is 5.56 Å². The number of unbranched alkanes of at least 4 members (excludes halogenated alkanes) is 2. The summed E-state index contributed by atoms with van der Waals surface area (Å²) in [6.45, 7) is 4.56. The standard InChI is InChI=1S/C34H35NO2/c1-3-5-22-34(23-6-4-2)31-15-11-10-14-29(31)30-21-20-28(24-32(30)34)35(26-12-8-7-9-13-26)27-18-16-25(17-19-27)33(36)37/h7-21,24H,3-6,22-23H2,1-2H3,(H,36,37). The van der Waals surface area contributed by atoms with Crippen LogP contribution in [0.2, 0.25) is 0 Å². The van der Waals surface area contributed by atoms with Gasteiger partial charge in [0.2, 0.25) is 0 Å². The Bertz CT molecular complexity index is 1370. The van der Waals surface area contributed by atoms with Crippen molar-refractivity contribution in [2.24, 2.45) is 0 Å². The molecule has 0 heterocycles. The third-order valence-corrected chi connectivity index (χ3v) is 7.81. The van der Waals surface area contributed by atoms with Crippen molar-refractivity contribution in [3.63, 3.8) is 0 Å². The molecule has 188 valence electrons. The van der Waals surface area contributed by atoms with E-state index < -0.39 is 5.97 Å². The first-order valence-electron chi connectivity index (χ1n) is 13.5. The van der Waals surface area contributed by atoms with E-state index in [-0.39, 0.29) is 5.41 Å². The first-order valence-corrected chi connectivity index (χ1v) is 13.5. The SMILES string of the molecule is CCCCC1(CCCC)c2ccccc2-c2ccc(N(c3ccccc3)c3ccc(C(=O)O)cc3)cc21. The van der Waals surface area contributed by atoms with Crippen molar-refractivity contribution < 1.29 is 9.90 Å². The monoisotopic (exact) mass is 489 g/mol. The molecule has 0 unspecified atom stereocenters. The van der Waals surface area contributed by atoms with Crippen LogP contribution in [0.1, 0.15) is 73.9 Å². The van der Waals surface area contributed by atoms with E-state index in [4.69, 9.17) is 0 Å². The lowest BCUT2D eigenvalue weighted by Gasteiger charge is -2.34. The summed E-state index contributed by atoms with van der Waals surface area (Å²) in [6, 6.07) is 33.4. The van der Waals surface area contributed by atoms with Crippen LogP contribution in [0.3, 0.4) is 0 Å². The maximum atomic E-state index is 11.5. The lowest BCUT2D eigenvalue weighted by Crippen LogP contribution is -2.25. The molecule has 5 rings (SSSR count). The van der Waals surface area contributed by atoms with Crippen LogP contribution in [-0.4, -0.2) is 11.1 Å². The van der Waals surface area contributed by atoms with Crippen LogP contribution in [-0.2, 0) is 5.41 Å². The highest BCUT2D eigenvalue weighted by molar-refractivity contribution is 5.89. The van der Waals surface area contributed by atoms with Gasteiger partial charge in [0.05, 0.1) is 5.56 Å². The van der Waals surface area contributed by atoms with Gasteiger partial charge in [0, 0.05) is 22.5 Å². The predicted octanol–water partition coefficient (Wildman–Crippen LogP) is 9.50. The van der Waals surface area contributed by atoms with Crippen molar-refractivity contribution in [3.05, 3.63) is 114 Å². The average molecular weight is 490 g/mol. The molecule has 0 atom stereocenters. The second-order valence-corrected chi connectivity index (χ2v) is 10.1. The molecule has 0 aliphatic heterocycles. The molecule has 0 aromatic heterocycles. The topological polar surface area (TPSA) is 40.5 Å². The molecule has 37 heavy (non-hydrogen) atoms. The molecule has 1 N–H and O–H groups in total. The molecule has 1 aliphatic rings. The molecule has 0 bridgehead atoms. The molecule has 1 aliphatic carbocycles. The number of aromatic carboxylic acids is 1. The van der Waals surface area contributed by atoms with Crippen LogP contribution in [0, 0.1) is 0 Å². The van der Waals surface area contributed by atoms with E-state index in [1.54, 1.807) is 12.1 Å².